The SMILES string of the molecule is CN1CCN(Cc2ccnc(Cl)n2)C1=O. The maximum Gasteiger partial charge on any atom is 0.320 e. The predicted octanol–water partition coefficient (Wildman–Crippen LogP) is 0.997. The highest BCUT2D eigenvalue weighted by Gasteiger charge is 2.25. The third-order valence-corrected chi connectivity index (χ3v) is 2.52. The predicted molar refractivity (Wildman–Crippen MR) is 55.5 cm³/mol. The van der Waals surface area contributed by atoms with E-state index in [1.807, 2.05) is 0 Å². The van der Waals surface area contributed by atoms with Crippen LogP contribution in [0.3, 0.4) is 0 Å². The molecule has 0 bridgehead atoms. The van der Waals surface area contributed by atoms with Crippen molar-refractivity contribution in [1.82, 2.24) is 19.8 Å². The summed E-state index contributed by atoms with van der Waals surface area (Å²) >= 11 is 5.66. The van der Waals surface area contributed by atoms with Gasteiger partial charge in [0.25, 0.3) is 0 Å². The Morgan fingerprint density at radius 3 is 2.93 bits per heavy atom. The van der Waals surface area contributed by atoms with Crippen LogP contribution in [-0.2, 0) is 6.54 Å². The molecule has 5 nitrogen and oxygen atoms in total. The van der Waals surface area contributed by atoms with Gasteiger partial charge >= 0.3 is 6.03 Å². The molecule has 2 amide bonds. The number of carbonyl (C=O) groups excluding carboxylic acids is 1. The first kappa shape index (κ1) is 10.2. The van der Waals surface area contributed by atoms with Crippen molar-refractivity contribution in [1.29, 1.82) is 0 Å². The Balaban J connectivity index is 2.06. The number of likely N-dealkylation sites (N-methyl/N-ethyl adjacent to an activating group) is 1. The van der Waals surface area contributed by atoms with Crippen LogP contribution in [0.1, 0.15) is 5.69 Å². The molecule has 0 atom stereocenters. The van der Waals surface area contributed by atoms with Gasteiger partial charge in [-0.25, -0.2) is 14.8 Å². The van der Waals surface area contributed by atoms with E-state index >= 15 is 0 Å². The zero-order chi connectivity index (χ0) is 10.8. The first-order valence-electron chi connectivity index (χ1n) is 4.64. The van der Waals surface area contributed by atoms with Crippen molar-refractivity contribution in [3.8, 4) is 0 Å². The van der Waals surface area contributed by atoms with Gasteiger partial charge in [-0.2, -0.15) is 0 Å². The van der Waals surface area contributed by atoms with Crippen LogP contribution >= 0.6 is 11.6 Å². The number of halogens is 1. The highest BCUT2D eigenvalue weighted by atomic mass is 35.5. The molecule has 1 aliphatic rings. The van der Waals surface area contributed by atoms with E-state index in [9.17, 15) is 4.79 Å². The van der Waals surface area contributed by atoms with Gasteiger partial charge in [-0.05, 0) is 17.7 Å². The summed E-state index contributed by atoms with van der Waals surface area (Å²) in [5.74, 6) is 0. The molecule has 1 aliphatic heterocycles. The van der Waals surface area contributed by atoms with Crippen molar-refractivity contribution in [2.75, 3.05) is 20.1 Å². The third kappa shape index (κ3) is 2.18. The quantitative estimate of drug-likeness (QED) is 0.707. The molecule has 2 heterocycles. The second kappa shape index (κ2) is 4.02. The number of urea groups is 1. The lowest BCUT2D eigenvalue weighted by molar-refractivity contribution is 0.196. The molecular weight excluding hydrogens is 216 g/mol. The first-order valence-corrected chi connectivity index (χ1v) is 5.02. The van der Waals surface area contributed by atoms with Gasteiger partial charge in [0, 0.05) is 26.3 Å². The molecule has 0 aromatic carbocycles. The zero-order valence-corrected chi connectivity index (χ0v) is 9.11. The van der Waals surface area contributed by atoms with Gasteiger partial charge < -0.3 is 9.80 Å². The van der Waals surface area contributed by atoms with Gasteiger partial charge in [0.1, 0.15) is 0 Å². The second-order valence-corrected chi connectivity index (χ2v) is 3.78. The van der Waals surface area contributed by atoms with Crippen LogP contribution in [0.2, 0.25) is 5.28 Å². The average Bonchev–Trinajstić information content (AvgIpc) is 2.50. The number of aromatic nitrogens is 2. The number of amides is 2. The molecule has 0 aliphatic carbocycles. The summed E-state index contributed by atoms with van der Waals surface area (Å²) in [4.78, 5) is 22.8. The Morgan fingerprint density at radius 1 is 1.53 bits per heavy atom. The molecule has 1 fully saturated rings. The number of hydrogen-bond donors (Lipinski definition) is 0. The van der Waals surface area contributed by atoms with Crippen molar-refractivity contribution in [3.05, 3.63) is 23.2 Å². The van der Waals surface area contributed by atoms with E-state index < -0.39 is 0 Å². The molecule has 0 N–H and O–H groups in total. The van der Waals surface area contributed by atoms with Crippen LogP contribution in [-0.4, -0.2) is 45.9 Å². The molecule has 0 spiro atoms. The Kier molecular flexibility index (Phi) is 2.73. The molecule has 1 saturated heterocycles. The second-order valence-electron chi connectivity index (χ2n) is 3.44. The Hall–Kier alpha value is -1.36. The van der Waals surface area contributed by atoms with Crippen LogP contribution in [0.4, 0.5) is 4.79 Å². The van der Waals surface area contributed by atoms with E-state index in [2.05, 4.69) is 9.97 Å². The topological polar surface area (TPSA) is 49.3 Å². The Morgan fingerprint density at radius 2 is 2.33 bits per heavy atom. The standard InChI is InChI=1S/C9H11ClN4O/c1-13-4-5-14(9(13)15)6-7-2-3-11-8(10)12-7/h2-3H,4-6H2,1H3. The summed E-state index contributed by atoms with van der Waals surface area (Å²) < 4.78 is 0. The zero-order valence-electron chi connectivity index (χ0n) is 8.35. The normalized spacial score (nSPS) is 16.3. The van der Waals surface area contributed by atoms with E-state index in [-0.39, 0.29) is 11.3 Å². The van der Waals surface area contributed by atoms with Gasteiger partial charge in [0.2, 0.25) is 5.28 Å². The maximum atomic E-state index is 11.6. The molecular formula is C9H11ClN4O. The minimum absolute atomic E-state index is 0.0322. The third-order valence-electron chi connectivity index (χ3n) is 2.34. The van der Waals surface area contributed by atoms with Crippen molar-refractivity contribution < 1.29 is 4.79 Å². The molecule has 2 rings (SSSR count). The van der Waals surface area contributed by atoms with E-state index in [1.165, 1.54) is 0 Å². The summed E-state index contributed by atoms with van der Waals surface area (Å²) in [5.41, 5.74) is 0.763. The van der Waals surface area contributed by atoms with Gasteiger partial charge in [0.15, 0.2) is 0 Å². The summed E-state index contributed by atoms with van der Waals surface area (Å²) in [6.45, 7) is 1.99. The van der Waals surface area contributed by atoms with Gasteiger partial charge in [-0.3, -0.25) is 0 Å². The lowest BCUT2D eigenvalue weighted by Gasteiger charge is -2.14. The van der Waals surface area contributed by atoms with Crippen LogP contribution in [0.25, 0.3) is 0 Å². The van der Waals surface area contributed by atoms with Gasteiger partial charge in [0.05, 0.1) is 12.2 Å². The van der Waals surface area contributed by atoms with E-state index in [4.69, 9.17) is 11.6 Å². The molecule has 1 aromatic rings. The fraction of sp³-hybridized carbons (Fsp3) is 0.444. The number of hydrogen-bond acceptors (Lipinski definition) is 3. The number of rotatable bonds is 2. The van der Waals surface area contributed by atoms with Crippen molar-refractivity contribution in [2.45, 2.75) is 6.54 Å². The Labute approximate surface area is 92.7 Å². The Bertz CT molecular complexity index is 384. The molecule has 0 saturated carbocycles. The molecule has 15 heavy (non-hydrogen) atoms. The molecule has 1 aromatic heterocycles. The smallest absolute Gasteiger partial charge is 0.320 e. The van der Waals surface area contributed by atoms with E-state index in [0.717, 1.165) is 18.8 Å². The average molecular weight is 227 g/mol. The van der Waals surface area contributed by atoms with Gasteiger partial charge in [-0.15, -0.1) is 0 Å². The molecule has 80 valence electrons. The highest BCUT2D eigenvalue weighted by molar-refractivity contribution is 6.28. The number of nitrogens with zero attached hydrogens (tertiary/aromatic N) is 4. The van der Waals surface area contributed by atoms with E-state index in [1.54, 1.807) is 29.1 Å². The summed E-state index contributed by atoms with van der Waals surface area (Å²) in [6, 6.07) is 1.79. The lowest BCUT2D eigenvalue weighted by atomic mass is 10.4. The van der Waals surface area contributed by atoms with Crippen LogP contribution in [0.5, 0.6) is 0 Å². The van der Waals surface area contributed by atoms with Crippen LogP contribution in [0, 0.1) is 0 Å². The molecule has 0 radical (unpaired) electrons. The largest absolute Gasteiger partial charge is 0.326 e. The maximum absolute atomic E-state index is 11.6. The molecule has 6 heteroatoms. The summed E-state index contributed by atoms with van der Waals surface area (Å²) in [5, 5.41) is 0.215. The highest BCUT2D eigenvalue weighted by Crippen LogP contribution is 2.11. The molecule has 0 unspecified atom stereocenters. The fourth-order valence-electron chi connectivity index (χ4n) is 1.50. The fourth-order valence-corrected chi connectivity index (χ4v) is 1.67. The van der Waals surface area contributed by atoms with Crippen molar-refractivity contribution >= 4 is 17.6 Å². The van der Waals surface area contributed by atoms with Gasteiger partial charge in [-0.1, -0.05) is 0 Å². The first-order chi connectivity index (χ1) is 7.16. The van der Waals surface area contributed by atoms with Crippen LogP contribution in [0.15, 0.2) is 12.3 Å². The monoisotopic (exact) mass is 226 g/mol. The summed E-state index contributed by atoms with van der Waals surface area (Å²) in [6.07, 6.45) is 1.59. The minimum atomic E-state index is 0.0322. The minimum Gasteiger partial charge on any atom is -0.326 e. The van der Waals surface area contributed by atoms with Crippen molar-refractivity contribution in [3.63, 3.8) is 0 Å². The number of carbonyl (C=O) groups is 1. The van der Waals surface area contributed by atoms with Crippen LogP contribution < -0.4 is 0 Å². The summed E-state index contributed by atoms with van der Waals surface area (Å²) in [7, 11) is 1.79. The van der Waals surface area contributed by atoms with Crippen molar-refractivity contribution in [2.24, 2.45) is 0 Å². The lowest BCUT2D eigenvalue weighted by Crippen LogP contribution is -2.29. The van der Waals surface area contributed by atoms with E-state index in [0.29, 0.717) is 6.54 Å².